The molecule has 4 rings (SSSR count). The number of amides is 1. The fraction of sp³-hybridized carbons (Fsp3) is 0.348. The Labute approximate surface area is 181 Å². The van der Waals surface area contributed by atoms with Crippen molar-refractivity contribution in [3.63, 3.8) is 0 Å². The molecule has 1 aliphatic rings. The van der Waals surface area contributed by atoms with Gasteiger partial charge in [-0.25, -0.2) is 0 Å². The Morgan fingerprint density at radius 2 is 1.97 bits per heavy atom. The van der Waals surface area contributed by atoms with E-state index in [1.165, 1.54) is 5.56 Å². The smallest absolute Gasteiger partial charge is 0.241 e. The van der Waals surface area contributed by atoms with Crippen LogP contribution in [0.1, 0.15) is 29.9 Å². The lowest BCUT2D eigenvalue weighted by Gasteiger charge is -2.30. The number of benzene rings is 2. The fourth-order valence-corrected chi connectivity index (χ4v) is 3.92. The standard InChI is InChI=1S/C23H25ClN4O2/c1-15-5-3-8-20(16(15)2)25-23(29)17-9-11-28(12-10-17)14-21-26-22(27-30-21)18-6-4-7-19(24)13-18/h3-8,13,17H,9-12,14H2,1-2H3,(H,25,29). The van der Waals surface area contributed by atoms with Crippen LogP contribution < -0.4 is 5.32 Å². The number of carbonyl (C=O) groups excluding carboxylic acids is 1. The quantitative estimate of drug-likeness (QED) is 0.633. The van der Waals surface area contributed by atoms with Crippen LogP contribution in [0.5, 0.6) is 0 Å². The summed E-state index contributed by atoms with van der Waals surface area (Å²) < 4.78 is 5.41. The lowest BCUT2D eigenvalue weighted by molar-refractivity contribution is -0.121. The molecule has 0 unspecified atom stereocenters. The van der Waals surface area contributed by atoms with Crippen LogP contribution in [0.3, 0.4) is 0 Å². The third kappa shape index (κ3) is 4.71. The molecule has 2 heterocycles. The number of likely N-dealkylation sites (tertiary alicyclic amines) is 1. The highest BCUT2D eigenvalue weighted by molar-refractivity contribution is 6.30. The molecule has 0 radical (unpaired) electrons. The van der Waals surface area contributed by atoms with E-state index in [0.29, 0.717) is 23.3 Å². The molecule has 1 saturated heterocycles. The van der Waals surface area contributed by atoms with Gasteiger partial charge in [-0.3, -0.25) is 9.69 Å². The SMILES string of the molecule is Cc1cccc(NC(=O)C2CCN(Cc3nc(-c4cccc(Cl)c4)no3)CC2)c1C. The fourth-order valence-electron chi connectivity index (χ4n) is 3.73. The van der Waals surface area contributed by atoms with E-state index in [9.17, 15) is 4.79 Å². The second kappa shape index (κ2) is 8.98. The first-order chi connectivity index (χ1) is 14.5. The maximum Gasteiger partial charge on any atom is 0.241 e. The van der Waals surface area contributed by atoms with E-state index in [-0.39, 0.29) is 11.8 Å². The van der Waals surface area contributed by atoms with Crippen LogP contribution in [-0.4, -0.2) is 34.0 Å². The summed E-state index contributed by atoms with van der Waals surface area (Å²) in [6, 6.07) is 13.4. The van der Waals surface area contributed by atoms with Crippen molar-refractivity contribution in [2.75, 3.05) is 18.4 Å². The summed E-state index contributed by atoms with van der Waals surface area (Å²) in [6.07, 6.45) is 1.62. The monoisotopic (exact) mass is 424 g/mol. The zero-order valence-corrected chi connectivity index (χ0v) is 17.9. The number of halogens is 1. The van der Waals surface area contributed by atoms with Gasteiger partial charge in [0.1, 0.15) is 0 Å². The molecule has 0 spiro atoms. The molecule has 1 N–H and O–H groups in total. The van der Waals surface area contributed by atoms with Gasteiger partial charge >= 0.3 is 0 Å². The molecule has 1 aliphatic heterocycles. The van der Waals surface area contributed by atoms with Gasteiger partial charge in [-0.15, -0.1) is 0 Å². The van der Waals surface area contributed by atoms with Gasteiger partial charge in [-0.1, -0.05) is 41.0 Å². The average molecular weight is 425 g/mol. The molecule has 0 bridgehead atoms. The molecule has 0 saturated carbocycles. The summed E-state index contributed by atoms with van der Waals surface area (Å²) in [5.74, 6) is 1.23. The molecule has 1 amide bonds. The van der Waals surface area contributed by atoms with E-state index in [1.807, 2.05) is 43.3 Å². The van der Waals surface area contributed by atoms with E-state index in [4.69, 9.17) is 16.1 Å². The number of hydrogen-bond acceptors (Lipinski definition) is 5. The molecular formula is C23H25ClN4O2. The van der Waals surface area contributed by atoms with Gasteiger partial charge in [0.25, 0.3) is 0 Å². The second-order valence-electron chi connectivity index (χ2n) is 7.81. The predicted octanol–water partition coefficient (Wildman–Crippen LogP) is 4.86. The minimum atomic E-state index is 0.0193. The lowest BCUT2D eigenvalue weighted by atomic mass is 9.95. The number of aryl methyl sites for hydroxylation is 1. The topological polar surface area (TPSA) is 71.3 Å². The van der Waals surface area contributed by atoms with E-state index in [0.717, 1.165) is 42.7 Å². The molecule has 3 aromatic rings. The Morgan fingerprint density at radius 1 is 1.20 bits per heavy atom. The highest BCUT2D eigenvalue weighted by atomic mass is 35.5. The first-order valence-electron chi connectivity index (χ1n) is 10.2. The van der Waals surface area contributed by atoms with Crippen LogP contribution in [0.4, 0.5) is 5.69 Å². The summed E-state index contributed by atoms with van der Waals surface area (Å²) in [7, 11) is 0. The third-order valence-electron chi connectivity index (χ3n) is 5.73. The van der Waals surface area contributed by atoms with Gasteiger partial charge in [-0.2, -0.15) is 4.98 Å². The molecule has 0 aliphatic carbocycles. The number of aromatic nitrogens is 2. The molecule has 156 valence electrons. The number of rotatable bonds is 5. The van der Waals surface area contributed by atoms with Gasteiger partial charge < -0.3 is 9.84 Å². The third-order valence-corrected chi connectivity index (χ3v) is 5.97. The van der Waals surface area contributed by atoms with Crippen LogP contribution in [0.2, 0.25) is 5.02 Å². The summed E-state index contributed by atoms with van der Waals surface area (Å²) >= 11 is 6.04. The van der Waals surface area contributed by atoms with Crippen molar-refractivity contribution in [1.82, 2.24) is 15.0 Å². The maximum atomic E-state index is 12.7. The van der Waals surface area contributed by atoms with Gasteiger partial charge in [-0.05, 0) is 69.1 Å². The lowest BCUT2D eigenvalue weighted by Crippen LogP contribution is -2.37. The molecule has 7 heteroatoms. The number of piperidine rings is 1. The number of anilines is 1. The Hall–Kier alpha value is -2.70. The van der Waals surface area contributed by atoms with E-state index in [2.05, 4.69) is 33.3 Å². The van der Waals surface area contributed by atoms with Gasteiger partial charge in [0, 0.05) is 22.2 Å². The Balaban J connectivity index is 1.31. The van der Waals surface area contributed by atoms with Crippen LogP contribution in [0.15, 0.2) is 47.0 Å². The molecule has 1 fully saturated rings. The Kier molecular flexibility index (Phi) is 6.16. The maximum absolute atomic E-state index is 12.7. The minimum Gasteiger partial charge on any atom is -0.338 e. The van der Waals surface area contributed by atoms with Crippen molar-refractivity contribution < 1.29 is 9.32 Å². The summed E-state index contributed by atoms with van der Waals surface area (Å²) in [4.78, 5) is 19.4. The van der Waals surface area contributed by atoms with Crippen LogP contribution in [-0.2, 0) is 11.3 Å². The largest absolute Gasteiger partial charge is 0.338 e. The molecule has 2 aromatic carbocycles. The molecule has 30 heavy (non-hydrogen) atoms. The molecule has 1 aromatic heterocycles. The highest BCUT2D eigenvalue weighted by Crippen LogP contribution is 2.24. The zero-order valence-electron chi connectivity index (χ0n) is 17.2. The van der Waals surface area contributed by atoms with Crippen LogP contribution in [0.25, 0.3) is 11.4 Å². The van der Waals surface area contributed by atoms with Crippen LogP contribution in [0, 0.1) is 19.8 Å². The molecule has 0 atom stereocenters. The predicted molar refractivity (Wildman–Crippen MR) is 117 cm³/mol. The highest BCUT2D eigenvalue weighted by Gasteiger charge is 2.26. The van der Waals surface area contributed by atoms with Gasteiger partial charge in [0.2, 0.25) is 17.6 Å². The number of carbonyl (C=O) groups is 1. The number of nitrogens with one attached hydrogen (secondary N) is 1. The molecular weight excluding hydrogens is 400 g/mol. The van der Waals surface area contributed by atoms with E-state index < -0.39 is 0 Å². The van der Waals surface area contributed by atoms with E-state index in [1.54, 1.807) is 0 Å². The normalized spacial score (nSPS) is 15.3. The first kappa shape index (κ1) is 20.6. The Bertz CT molecular complexity index is 1040. The average Bonchev–Trinajstić information content (AvgIpc) is 3.20. The number of hydrogen-bond donors (Lipinski definition) is 1. The molecule has 6 nitrogen and oxygen atoms in total. The van der Waals surface area contributed by atoms with Crippen molar-refractivity contribution in [3.05, 3.63) is 64.5 Å². The van der Waals surface area contributed by atoms with Gasteiger partial charge in [0.15, 0.2) is 0 Å². The van der Waals surface area contributed by atoms with Crippen molar-refractivity contribution in [3.8, 4) is 11.4 Å². The Morgan fingerprint density at radius 3 is 2.73 bits per heavy atom. The number of nitrogens with zero attached hydrogens (tertiary/aromatic N) is 3. The van der Waals surface area contributed by atoms with Crippen molar-refractivity contribution >= 4 is 23.2 Å². The van der Waals surface area contributed by atoms with Crippen molar-refractivity contribution in [2.45, 2.75) is 33.2 Å². The first-order valence-corrected chi connectivity index (χ1v) is 10.6. The summed E-state index contributed by atoms with van der Waals surface area (Å²) in [5, 5.41) is 7.80. The van der Waals surface area contributed by atoms with Gasteiger partial charge in [0.05, 0.1) is 6.54 Å². The summed E-state index contributed by atoms with van der Waals surface area (Å²) in [5.41, 5.74) is 4.04. The summed E-state index contributed by atoms with van der Waals surface area (Å²) in [6.45, 7) is 6.31. The van der Waals surface area contributed by atoms with Crippen LogP contribution >= 0.6 is 11.6 Å². The van der Waals surface area contributed by atoms with Crippen molar-refractivity contribution in [2.24, 2.45) is 5.92 Å². The van der Waals surface area contributed by atoms with Crippen molar-refractivity contribution in [1.29, 1.82) is 0 Å². The minimum absolute atomic E-state index is 0.0193. The van der Waals surface area contributed by atoms with E-state index >= 15 is 0 Å². The second-order valence-corrected chi connectivity index (χ2v) is 8.25. The zero-order chi connectivity index (χ0) is 21.1.